The van der Waals surface area contributed by atoms with Gasteiger partial charge in [-0.25, -0.2) is 0 Å². The summed E-state index contributed by atoms with van der Waals surface area (Å²) in [5.74, 6) is 0.264. The highest BCUT2D eigenvalue weighted by atomic mass is 32.4. The molecule has 0 aromatic heterocycles. The van der Waals surface area contributed by atoms with E-state index in [0.29, 0.717) is 12.7 Å². The number of hydrogen-bond donors (Lipinski definition) is 2. The lowest BCUT2D eigenvalue weighted by molar-refractivity contribution is 0.464. The molecule has 1 aromatic rings. The van der Waals surface area contributed by atoms with E-state index in [2.05, 4.69) is 11.8 Å². The minimum atomic E-state index is 0.130. The van der Waals surface area contributed by atoms with Gasteiger partial charge in [-0.05, 0) is 18.2 Å². The predicted molar refractivity (Wildman–Crippen MR) is 43.7 cm³/mol. The van der Waals surface area contributed by atoms with Crippen LogP contribution in [0.3, 0.4) is 0 Å². The van der Waals surface area contributed by atoms with Crippen LogP contribution in [0.1, 0.15) is 0 Å². The molecule has 10 heavy (non-hydrogen) atoms. The number of rotatable bonds is 1. The molecule has 0 saturated carbocycles. The van der Waals surface area contributed by atoms with E-state index in [4.69, 9.17) is 10.2 Å². The van der Waals surface area contributed by atoms with Gasteiger partial charge in [0.05, 0.1) is 5.30 Å². The van der Waals surface area contributed by atoms with Crippen molar-refractivity contribution in [2.45, 2.75) is 0 Å². The quantitative estimate of drug-likeness (QED) is 0.492. The molecule has 1 aromatic carbocycles. The Bertz CT molecular complexity index is 262. The first kappa shape index (κ1) is 7.45. The van der Waals surface area contributed by atoms with Gasteiger partial charge in [0, 0.05) is 7.36 Å². The van der Waals surface area contributed by atoms with E-state index < -0.39 is 0 Å². The molecule has 2 N–H and O–H groups in total. The van der Waals surface area contributed by atoms with Crippen molar-refractivity contribution in [2.75, 3.05) is 0 Å². The van der Waals surface area contributed by atoms with Crippen molar-refractivity contribution in [2.24, 2.45) is 0 Å². The van der Waals surface area contributed by atoms with Crippen molar-refractivity contribution in [1.82, 2.24) is 0 Å². The van der Waals surface area contributed by atoms with E-state index in [0.717, 1.165) is 0 Å². The van der Waals surface area contributed by atoms with Gasteiger partial charge in [-0.3, -0.25) is 0 Å². The average Bonchev–Trinajstić information content (AvgIpc) is 1.94. The van der Waals surface area contributed by atoms with Crippen molar-refractivity contribution in [3.63, 3.8) is 0 Å². The molecule has 0 unspecified atom stereocenters. The molecular weight excluding hydrogens is 167 g/mol. The SMILES string of the molecule is Oc1ccc(O)c(P=S)c1. The average molecular weight is 172 g/mol. The first-order valence-corrected chi connectivity index (χ1v) is 4.50. The first-order valence-electron chi connectivity index (χ1n) is 2.59. The number of benzene rings is 1. The fourth-order valence-electron chi connectivity index (χ4n) is 0.585. The Morgan fingerprint density at radius 2 is 2.00 bits per heavy atom. The monoisotopic (exact) mass is 172 g/mol. The van der Waals surface area contributed by atoms with Crippen LogP contribution in [0.5, 0.6) is 11.5 Å². The molecule has 0 amide bonds. The summed E-state index contributed by atoms with van der Waals surface area (Å²) >= 11 is 4.67. The molecule has 0 fully saturated rings. The standard InChI is InChI=1S/C6H5O2PS/c7-4-1-2-5(8)6(3-4)9-10/h1-3,7-8H. The maximum atomic E-state index is 9.05. The second kappa shape index (κ2) is 2.95. The van der Waals surface area contributed by atoms with Crippen LogP contribution >= 0.6 is 7.36 Å². The molecule has 52 valence electrons. The third-order valence-electron chi connectivity index (χ3n) is 1.06. The minimum absolute atomic E-state index is 0.130. The van der Waals surface area contributed by atoms with E-state index >= 15 is 0 Å². The fraction of sp³-hybridized carbons (Fsp3) is 0. The van der Waals surface area contributed by atoms with Crippen LogP contribution in [0, 0.1) is 0 Å². The zero-order chi connectivity index (χ0) is 7.56. The maximum Gasteiger partial charge on any atom is 0.128 e. The molecule has 0 saturated heterocycles. The lowest BCUT2D eigenvalue weighted by Crippen LogP contribution is -1.89. The molecular formula is C6H5O2PS. The smallest absolute Gasteiger partial charge is 0.128 e. The summed E-state index contributed by atoms with van der Waals surface area (Å²) < 4.78 is 0. The zero-order valence-corrected chi connectivity index (χ0v) is 6.69. The lowest BCUT2D eigenvalue weighted by Gasteiger charge is -1.95. The summed E-state index contributed by atoms with van der Waals surface area (Å²) in [6, 6.07) is 4.28. The number of hydrogen-bond acceptors (Lipinski definition) is 3. The van der Waals surface area contributed by atoms with Crippen LogP contribution in [0.15, 0.2) is 18.2 Å². The van der Waals surface area contributed by atoms with Gasteiger partial charge >= 0.3 is 0 Å². The Hall–Kier alpha value is -0.660. The summed E-state index contributed by atoms with van der Waals surface area (Å²) in [6.07, 6.45) is 0. The van der Waals surface area contributed by atoms with Crippen LogP contribution in [-0.4, -0.2) is 10.2 Å². The van der Waals surface area contributed by atoms with Gasteiger partial charge in [0.15, 0.2) is 0 Å². The third kappa shape index (κ3) is 1.43. The van der Waals surface area contributed by atoms with Crippen LogP contribution in [0.25, 0.3) is 0 Å². The Kier molecular flexibility index (Phi) is 2.20. The summed E-state index contributed by atoms with van der Waals surface area (Å²) in [6.45, 7) is 0. The van der Waals surface area contributed by atoms with Crippen molar-refractivity contribution >= 4 is 24.5 Å². The number of aromatic hydroxyl groups is 2. The largest absolute Gasteiger partial charge is 0.508 e. The van der Waals surface area contributed by atoms with Gasteiger partial charge in [0.2, 0.25) is 0 Å². The van der Waals surface area contributed by atoms with Crippen molar-refractivity contribution < 1.29 is 10.2 Å². The normalized spacial score (nSPS) is 10.0. The topological polar surface area (TPSA) is 40.5 Å². The molecule has 0 spiro atoms. The van der Waals surface area contributed by atoms with E-state index in [1.54, 1.807) is 0 Å². The van der Waals surface area contributed by atoms with Crippen LogP contribution in [-0.2, 0) is 11.8 Å². The summed E-state index contributed by atoms with van der Waals surface area (Å²) in [5.41, 5.74) is 0. The van der Waals surface area contributed by atoms with Gasteiger partial charge in [0.25, 0.3) is 0 Å². The first-order chi connectivity index (χ1) is 4.74. The van der Waals surface area contributed by atoms with E-state index in [1.165, 1.54) is 18.2 Å². The van der Waals surface area contributed by atoms with E-state index in [1.807, 2.05) is 0 Å². The zero-order valence-electron chi connectivity index (χ0n) is 4.98. The lowest BCUT2D eigenvalue weighted by atomic mass is 10.3. The van der Waals surface area contributed by atoms with Gasteiger partial charge in [-0.2, -0.15) is 0 Å². The van der Waals surface area contributed by atoms with E-state index in [-0.39, 0.29) is 11.5 Å². The maximum absolute atomic E-state index is 9.05. The molecule has 1 rings (SSSR count). The molecule has 2 nitrogen and oxygen atoms in total. The Morgan fingerprint density at radius 1 is 1.30 bits per heavy atom. The molecule has 0 aliphatic heterocycles. The van der Waals surface area contributed by atoms with Gasteiger partial charge < -0.3 is 10.2 Å². The molecule has 0 aliphatic carbocycles. The molecule has 0 heterocycles. The number of phenolic OH excluding ortho intramolecular Hbond substituents is 2. The van der Waals surface area contributed by atoms with Gasteiger partial charge in [-0.15, -0.1) is 0 Å². The van der Waals surface area contributed by atoms with Crippen LogP contribution in [0.4, 0.5) is 0 Å². The summed E-state index contributed by atoms with van der Waals surface area (Å²) in [4.78, 5) is 0. The highest BCUT2D eigenvalue weighted by Gasteiger charge is 1.97. The third-order valence-corrected chi connectivity index (χ3v) is 2.20. The van der Waals surface area contributed by atoms with Crippen LogP contribution < -0.4 is 5.30 Å². The molecule has 0 bridgehead atoms. The fourth-order valence-corrected chi connectivity index (χ4v) is 1.38. The molecule has 0 atom stereocenters. The molecule has 0 aliphatic rings. The highest BCUT2D eigenvalue weighted by Crippen LogP contribution is 2.16. The minimum Gasteiger partial charge on any atom is -0.508 e. The van der Waals surface area contributed by atoms with Crippen molar-refractivity contribution in [1.29, 1.82) is 0 Å². The van der Waals surface area contributed by atoms with E-state index in [9.17, 15) is 0 Å². The second-order valence-corrected chi connectivity index (χ2v) is 2.98. The Balaban J connectivity index is 3.21. The van der Waals surface area contributed by atoms with Crippen LogP contribution in [0.2, 0.25) is 0 Å². The summed E-state index contributed by atoms with van der Waals surface area (Å²) in [7, 11) is 0.541. The predicted octanol–water partition coefficient (Wildman–Crippen LogP) is 1.13. The van der Waals surface area contributed by atoms with Gasteiger partial charge in [0.1, 0.15) is 11.5 Å². The molecule has 0 radical (unpaired) electrons. The summed E-state index contributed by atoms with van der Waals surface area (Å²) in [5, 5.41) is 18.5. The Labute approximate surface area is 65.0 Å². The second-order valence-electron chi connectivity index (χ2n) is 1.76. The van der Waals surface area contributed by atoms with Crippen molar-refractivity contribution in [3.8, 4) is 11.5 Å². The number of phenols is 2. The van der Waals surface area contributed by atoms with Gasteiger partial charge in [-0.1, -0.05) is 11.8 Å². The molecule has 4 heteroatoms. The highest BCUT2D eigenvalue weighted by molar-refractivity contribution is 7.99. The Morgan fingerprint density at radius 3 is 2.50 bits per heavy atom. The van der Waals surface area contributed by atoms with Crippen molar-refractivity contribution in [3.05, 3.63) is 18.2 Å².